The van der Waals surface area contributed by atoms with Gasteiger partial charge >= 0.3 is 0 Å². The van der Waals surface area contributed by atoms with Crippen LogP contribution in [0.25, 0.3) is 0 Å². The fraction of sp³-hybridized carbons (Fsp3) is 1.00. The van der Waals surface area contributed by atoms with Gasteiger partial charge in [-0.25, -0.2) is 0 Å². The van der Waals surface area contributed by atoms with Crippen LogP contribution in [0.4, 0.5) is 0 Å². The molecule has 0 aliphatic heterocycles. The fourth-order valence-corrected chi connectivity index (χ4v) is 2.83. The van der Waals surface area contributed by atoms with Crippen LogP contribution in [0.1, 0.15) is 59.3 Å². The number of aliphatic hydroxyl groups excluding tert-OH is 3. The minimum absolute atomic E-state index is 0.482. The van der Waals surface area contributed by atoms with Gasteiger partial charge in [0.05, 0.1) is 0 Å². The lowest BCUT2D eigenvalue weighted by Gasteiger charge is -2.45. The van der Waals surface area contributed by atoms with E-state index in [-0.39, 0.29) is 0 Å². The van der Waals surface area contributed by atoms with Crippen molar-refractivity contribution < 1.29 is 29.5 Å². The molecule has 1 fully saturated rings. The largest absolute Gasteiger partial charge is 0.387 e. The number of ether oxygens (including phenoxy) is 3. The van der Waals surface area contributed by atoms with Crippen LogP contribution in [0.3, 0.4) is 0 Å². The highest BCUT2D eigenvalue weighted by Crippen LogP contribution is 2.29. The van der Waals surface area contributed by atoms with Crippen molar-refractivity contribution >= 4 is 0 Å². The number of rotatable bonds is 12. The second kappa shape index (κ2) is 12.2. The Hall–Kier alpha value is -0.240. The van der Waals surface area contributed by atoms with Crippen LogP contribution in [0.5, 0.6) is 0 Å². The summed E-state index contributed by atoms with van der Waals surface area (Å²) in [6.45, 7) is 7.67. The van der Waals surface area contributed by atoms with Gasteiger partial charge in [-0.05, 0) is 19.3 Å². The van der Waals surface area contributed by atoms with Crippen LogP contribution < -0.4 is 0 Å². The highest BCUT2D eigenvalue weighted by atomic mass is 16.6. The van der Waals surface area contributed by atoms with Gasteiger partial charge in [-0.2, -0.15) is 0 Å². The maximum atomic E-state index is 10.4. The molecule has 1 rings (SSSR count). The third-order valence-corrected chi connectivity index (χ3v) is 4.45. The predicted octanol–water partition coefficient (Wildman–Crippen LogP) is 1.64. The molecule has 0 aromatic carbocycles. The van der Waals surface area contributed by atoms with E-state index in [0.29, 0.717) is 19.8 Å². The molecule has 3 N–H and O–H groups in total. The zero-order valence-electron chi connectivity index (χ0n) is 15.4. The third kappa shape index (κ3) is 6.24. The summed E-state index contributed by atoms with van der Waals surface area (Å²) in [5.41, 5.74) is 0. The molecule has 1 aliphatic carbocycles. The summed E-state index contributed by atoms with van der Waals surface area (Å²) in [6.07, 6.45) is -0.0839. The van der Waals surface area contributed by atoms with Gasteiger partial charge in [0, 0.05) is 19.8 Å². The maximum Gasteiger partial charge on any atom is 0.115 e. The van der Waals surface area contributed by atoms with E-state index >= 15 is 0 Å². The maximum absolute atomic E-state index is 10.4. The van der Waals surface area contributed by atoms with Crippen molar-refractivity contribution in [3.8, 4) is 0 Å². The van der Waals surface area contributed by atoms with Crippen molar-refractivity contribution in [2.45, 2.75) is 95.9 Å². The Morgan fingerprint density at radius 2 is 0.875 bits per heavy atom. The minimum Gasteiger partial charge on any atom is -0.387 e. The molecule has 0 spiro atoms. The number of unbranched alkanes of at least 4 members (excludes halogenated alkanes) is 3. The zero-order chi connectivity index (χ0) is 17.9. The third-order valence-electron chi connectivity index (χ3n) is 4.45. The Morgan fingerprint density at radius 3 is 1.21 bits per heavy atom. The van der Waals surface area contributed by atoms with Gasteiger partial charge in [-0.3, -0.25) is 0 Å². The van der Waals surface area contributed by atoms with Gasteiger partial charge < -0.3 is 29.5 Å². The lowest BCUT2D eigenvalue weighted by Crippen LogP contribution is -2.65. The van der Waals surface area contributed by atoms with E-state index in [1.54, 1.807) is 0 Å². The zero-order valence-corrected chi connectivity index (χ0v) is 15.4. The Labute approximate surface area is 146 Å². The second-order valence-electron chi connectivity index (χ2n) is 6.54. The molecule has 6 heteroatoms. The summed E-state index contributed by atoms with van der Waals surface area (Å²) in [5, 5.41) is 30.9. The normalized spacial score (nSPS) is 33.8. The van der Waals surface area contributed by atoms with Crippen LogP contribution in [0, 0.1) is 0 Å². The number of aliphatic hydroxyl groups is 3. The van der Waals surface area contributed by atoms with Gasteiger partial charge in [0.25, 0.3) is 0 Å². The van der Waals surface area contributed by atoms with Crippen molar-refractivity contribution in [2.75, 3.05) is 19.8 Å². The van der Waals surface area contributed by atoms with Gasteiger partial charge in [0.15, 0.2) is 0 Å². The standard InChI is InChI=1S/C18H36O6/c1-4-7-10-22-16-14(20)13(19)15(21)17(23-11-8-5-2)18(16)24-12-9-6-3/h13-21H,4-12H2,1-3H3/t13?,14-,15-,16-,17+,18?/m1/s1. The smallest absolute Gasteiger partial charge is 0.115 e. The average molecular weight is 348 g/mol. The lowest BCUT2D eigenvalue weighted by atomic mass is 9.84. The summed E-state index contributed by atoms with van der Waals surface area (Å²) >= 11 is 0. The average Bonchev–Trinajstić information content (AvgIpc) is 2.58. The molecule has 144 valence electrons. The molecule has 0 amide bonds. The first kappa shape index (κ1) is 21.8. The van der Waals surface area contributed by atoms with Gasteiger partial charge in [0.1, 0.15) is 36.6 Å². The van der Waals surface area contributed by atoms with E-state index in [1.165, 1.54) is 0 Å². The summed E-state index contributed by atoms with van der Waals surface area (Å²) in [7, 11) is 0. The van der Waals surface area contributed by atoms with Crippen LogP contribution >= 0.6 is 0 Å². The van der Waals surface area contributed by atoms with E-state index in [9.17, 15) is 15.3 Å². The van der Waals surface area contributed by atoms with Crippen molar-refractivity contribution in [2.24, 2.45) is 0 Å². The monoisotopic (exact) mass is 348 g/mol. The van der Waals surface area contributed by atoms with E-state index in [0.717, 1.165) is 38.5 Å². The topological polar surface area (TPSA) is 88.4 Å². The van der Waals surface area contributed by atoms with Crippen LogP contribution in [-0.4, -0.2) is 71.8 Å². The van der Waals surface area contributed by atoms with E-state index in [1.807, 2.05) is 0 Å². The van der Waals surface area contributed by atoms with Crippen LogP contribution in [-0.2, 0) is 14.2 Å². The van der Waals surface area contributed by atoms with E-state index in [2.05, 4.69) is 20.8 Å². The Morgan fingerprint density at radius 1 is 0.542 bits per heavy atom. The predicted molar refractivity (Wildman–Crippen MR) is 92.0 cm³/mol. The van der Waals surface area contributed by atoms with Crippen molar-refractivity contribution in [1.82, 2.24) is 0 Å². The highest BCUT2D eigenvalue weighted by Gasteiger charge is 2.51. The minimum atomic E-state index is -1.30. The molecule has 0 aromatic heterocycles. The lowest BCUT2D eigenvalue weighted by molar-refractivity contribution is -0.257. The SMILES string of the molecule is CCCCOC1[C@@H](OCCCC)[C@H](O)C(O)[C@@H](O)[C@H]1OCCCC. The molecule has 1 saturated carbocycles. The molecule has 6 nitrogen and oxygen atoms in total. The molecule has 1 aliphatic rings. The van der Waals surface area contributed by atoms with Crippen LogP contribution in [0.2, 0.25) is 0 Å². The summed E-state index contributed by atoms with van der Waals surface area (Å²) in [6, 6.07) is 0. The number of hydrogen-bond acceptors (Lipinski definition) is 6. The molecule has 0 heterocycles. The van der Waals surface area contributed by atoms with Crippen LogP contribution in [0.15, 0.2) is 0 Å². The molecular formula is C18H36O6. The number of hydrogen-bond donors (Lipinski definition) is 3. The summed E-state index contributed by atoms with van der Waals surface area (Å²) in [4.78, 5) is 0. The van der Waals surface area contributed by atoms with Crippen molar-refractivity contribution in [1.29, 1.82) is 0 Å². The molecule has 0 saturated heterocycles. The molecule has 0 aromatic rings. The van der Waals surface area contributed by atoms with Gasteiger partial charge in [-0.1, -0.05) is 40.0 Å². The van der Waals surface area contributed by atoms with Gasteiger partial charge in [0.2, 0.25) is 0 Å². The molecule has 0 bridgehead atoms. The first-order valence-electron chi connectivity index (χ1n) is 9.47. The van der Waals surface area contributed by atoms with E-state index < -0.39 is 36.6 Å². The quantitative estimate of drug-likeness (QED) is 0.465. The summed E-state index contributed by atoms with van der Waals surface area (Å²) in [5.74, 6) is 0. The summed E-state index contributed by atoms with van der Waals surface area (Å²) < 4.78 is 17.5. The highest BCUT2D eigenvalue weighted by molar-refractivity contribution is 5.01. The molecule has 24 heavy (non-hydrogen) atoms. The molecule has 6 atom stereocenters. The van der Waals surface area contributed by atoms with Gasteiger partial charge in [-0.15, -0.1) is 0 Å². The van der Waals surface area contributed by atoms with Crippen molar-refractivity contribution in [3.05, 3.63) is 0 Å². The Balaban J connectivity index is 2.83. The molecule has 2 unspecified atom stereocenters. The first-order valence-corrected chi connectivity index (χ1v) is 9.47. The van der Waals surface area contributed by atoms with E-state index in [4.69, 9.17) is 14.2 Å². The second-order valence-corrected chi connectivity index (χ2v) is 6.54. The van der Waals surface area contributed by atoms with Crippen molar-refractivity contribution in [3.63, 3.8) is 0 Å². The molecule has 0 radical (unpaired) electrons. The first-order chi connectivity index (χ1) is 11.6. The molecular weight excluding hydrogens is 312 g/mol. The Bertz CT molecular complexity index is 290. The Kier molecular flexibility index (Phi) is 11.1. The fourth-order valence-electron chi connectivity index (χ4n) is 2.83.